The molecule has 4 N–H and O–H groups in total. The Labute approximate surface area is 130 Å². The molecule has 0 aliphatic carbocycles. The van der Waals surface area contributed by atoms with Crippen molar-refractivity contribution >= 4 is 17.4 Å². The van der Waals surface area contributed by atoms with Gasteiger partial charge in [-0.15, -0.1) is 0 Å². The molecule has 0 atom stereocenters. The van der Waals surface area contributed by atoms with Crippen molar-refractivity contribution in [1.82, 2.24) is 5.32 Å². The van der Waals surface area contributed by atoms with E-state index >= 15 is 0 Å². The van der Waals surface area contributed by atoms with Crippen LogP contribution >= 0.6 is 0 Å². The Bertz CT molecular complexity index is 615. The molecule has 2 rings (SSSR count). The summed E-state index contributed by atoms with van der Waals surface area (Å²) in [6.07, 6.45) is 1.99. The standard InChI is InChI=1S/C17H21N3O2/c1-2-3-11-19-17(21)20-16-10-9-14(12-15(16)18)22-13-7-5-4-6-8-13/h4-10,12H,2-3,11,18H2,1H3,(H2,19,20,21). The molecule has 0 saturated carbocycles. The van der Waals surface area contributed by atoms with E-state index in [2.05, 4.69) is 17.6 Å². The maximum atomic E-state index is 11.7. The number of hydrogen-bond acceptors (Lipinski definition) is 3. The molecule has 0 saturated heterocycles. The number of nitrogen functional groups attached to an aromatic ring is 1. The van der Waals surface area contributed by atoms with Crippen LogP contribution in [-0.2, 0) is 0 Å². The SMILES string of the molecule is CCCCNC(=O)Nc1ccc(Oc2ccccc2)cc1N. The minimum atomic E-state index is -0.253. The number of ether oxygens (including phenoxy) is 1. The summed E-state index contributed by atoms with van der Waals surface area (Å²) < 4.78 is 5.69. The highest BCUT2D eigenvalue weighted by molar-refractivity contribution is 5.92. The lowest BCUT2D eigenvalue weighted by atomic mass is 10.2. The summed E-state index contributed by atoms with van der Waals surface area (Å²) in [4.78, 5) is 11.7. The zero-order valence-corrected chi connectivity index (χ0v) is 12.6. The van der Waals surface area contributed by atoms with Crippen molar-refractivity contribution in [3.8, 4) is 11.5 Å². The molecule has 0 spiro atoms. The van der Waals surface area contributed by atoms with Crippen LogP contribution in [0.5, 0.6) is 11.5 Å². The number of hydrogen-bond donors (Lipinski definition) is 3. The van der Waals surface area contributed by atoms with E-state index in [0.717, 1.165) is 18.6 Å². The van der Waals surface area contributed by atoms with E-state index in [1.165, 1.54) is 0 Å². The molecule has 2 amide bonds. The van der Waals surface area contributed by atoms with Crippen LogP contribution in [0.4, 0.5) is 16.2 Å². The Morgan fingerprint density at radius 3 is 2.59 bits per heavy atom. The van der Waals surface area contributed by atoms with Crippen molar-refractivity contribution in [3.63, 3.8) is 0 Å². The Kier molecular flexibility index (Phi) is 5.65. The van der Waals surface area contributed by atoms with Gasteiger partial charge in [0.1, 0.15) is 11.5 Å². The molecule has 0 aliphatic rings. The van der Waals surface area contributed by atoms with Gasteiger partial charge in [-0.2, -0.15) is 0 Å². The number of para-hydroxylation sites is 1. The van der Waals surface area contributed by atoms with Crippen LogP contribution in [0.1, 0.15) is 19.8 Å². The Morgan fingerprint density at radius 1 is 1.14 bits per heavy atom. The number of amides is 2. The zero-order chi connectivity index (χ0) is 15.8. The number of carbonyl (C=O) groups excluding carboxylic acids is 1. The first-order valence-corrected chi connectivity index (χ1v) is 7.36. The summed E-state index contributed by atoms with van der Waals surface area (Å²) >= 11 is 0. The first kappa shape index (κ1) is 15.7. The second-order valence-corrected chi connectivity index (χ2v) is 4.90. The van der Waals surface area contributed by atoms with Crippen molar-refractivity contribution < 1.29 is 9.53 Å². The molecule has 5 nitrogen and oxygen atoms in total. The smallest absolute Gasteiger partial charge is 0.319 e. The molecular formula is C17H21N3O2. The van der Waals surface area contributed by atoms with E-state index in [1.54, 1.807) is 18.2 Å². The van der Waals surface area contributed by atoms with Crippen LogP contribution in [0.25, 0.3) is 0 Å². The molecular weight excluding hydrogens is 278 g/mol. The van der Waals surface area contributed by atoms with E-state index < -0.39 is 0 Å². The maximum absolute atomic E-state index is 11.7. The van der Waals surface area contributed by atoms with Crippen molar-refractivity contribution in [2.24, 2.45) is 0 Å². The van der Waals surface area contributed by atoms with Crippen LogP contribution in [0.15, 0.2) is 48.5 Å². The first-order chi connectivity index (χ1) is 10.7. The number of urea groups is 1. The van der Waals surface area contributed by atoms with Gasteiger partial charge in [-0.25, -0.2) is 4.79 Å². The molecule has 0 unspecified atom stereocenters. The van der Waals surface area contributed by atoms with E-state index in [1.807, 2.05) is 30.3 Å². The van der Waals surface area contributed by atoms with E-state index in [4.69, 9.17) is 10.5 Å². The molecule has 2 aromatic rings. The quantitative estimate of drug-likeness (QED) is 0.557. The van der Waals surface area contributed by atoms with Gasteiger partial charge in [0, 0.05) is 12.6 Å². The van der Waals surface area contributed by atoms with Gasteiger partial charge in [0.15, 0.2) is 0 Å². The molecule has 22 heavy (non-hydrogen) atoms. The second-order valence-electron chi connectivity index (χ2n) is 4.90. The molecule has 0 bridgehead atoms. The first-order valence-electron chi connectivity index (χ1n) is 7.36. The van der Waals surface area contributed by atoms with Crippen LogP contribution in [0, 0.1) is 0 Å². The number of rotatable bonds is 6. The van der Waals surface area contributed by atoms with Crippen molar-refractivity contribution in [1.29, 1.82) is 0 Å². The van der Waals surface area contributed by atoms with E-state index in [0.29, 0.717) is 23.7 Å². The van der Waals surface area contributed by atoms with Gasteiger partial charge in [-0.05, 0) is 30.7 Å². The maximum Gasteiger partial charge on any atom is 0.319 e. The predicted molar refractivity (Wildman–Crippen MR) is 89.3 cm³/mol. The van der Waals surface area contributed by atoms with Gasteiger partial charge in [0.05, 0.1) is 11.4 Å². The third-order valence-corrected chi connectivity index (χ3v) is 3.07. The number of nitrogens with two attached hydrogens (primary N) is 1. The molecule has 5 heteroatoms. The molecule has 0 aromatic heterocycles. The molecule has 116 valence electrons. The molecule has 2 aromatic carbocycles. The average molecular weight is 299 g/mol. The summed E-state index contributed by atoms with van der Waals surface area (Å²) in [5.74, 6) is 1.36. The lowest BCUT2D eigenvalue weighted by molar-refractivity contribution is 0.252. The summed E-state index contributed by atoms with van der Waals surface area (Å²) in [5.41, 5.74) is 6.98. The Morgan fingerprint density at radius 2 is 1.91 bits per heavy atom. The highest BCUT2D eigenvalue weighted by Crippen LogP contribution is 2.27. The fraction of sp³-hybridized carbons (Fsp3) is 0.235. The summed E-state index contributed by atoms with van der Waals surface area (Å²) in [5, 5.41) is 5.51. The Balaban J connectivity index is 1.96. The highest BCUT2D eigenvalue weighted by atomic mass is 16.5. The van der Waals surface area contributed by atoms with Gasteiger partial charge in [0.2, 0.25) is 0 Å². The van der Waals surface area contributed by atoms with Gasteiger partial charge < -0.3 is 21.1 Å². The van der Waals surface area contributed by atoms with Gasteiger partial charge in [0.25, 0.3) is 0 Å². The Hall–Kier alpha value is -2.69. The average Bonchev–Trinajstić information content (AvgIpc) is 2.51. The van der Waals surface area contributed by atoms with Gasteiger partial charge in [-0.3, -0.25) is 0 Å². The number of carbonyl (C=O) groups is 1. The fourth-order valence-electron chi connectivity index (χ4n) is 1.89. The third kappa shape index (κ3) is 4.70. The summed E-state index contributed by atoms with van der Waals surface area (Å²) in [7, 11) is 0. The van der Waals surface area contributed by atoms with Gasteiger partial charge >= 0.3 is 6.03 Å². The number of anilines is 2. The summed E-state index contributed by atoms with van der Waals surface area (Å²) in [6, 6.07) is 14.4. The van der Waals surface area contributed by atoms with Crippen LogP contribution in [0.3, 0.4) is 0 Å². The fourth-order valence-corrected chi connectivity index (χ4v) is 1.89. The largest absolute Gasteiger partial charge is 0.457 e. The number of nitrogens with one attached hydrogen (secondary N) is 2. The molecule has 0 radical (unpaired) electrons. The highest BCUT2D eigenvalue weighted by Gasteiger charge is 2.06. The van der Waals surface area contributed by atoms with Crippen LogP contribution in [-0.4, -0.2) is 12.6 Å². The minimum Gasteiger partial charge on any atom is -0.457 e. The third-order valence-electron chi connectivity index (χ3n) is 3.07. The van der Waals surface area contributed by atoms with Crippen molar-refractivity contribution in [3.05, 3.63) is 48.5 Å². The lowest BCUT2D eigenvalue weighted by Gasteiger charge is -2.11. The minimum absolute atomic E-state index is 0.253. The van der Waals surface area contributed by atoms with Gasteiger partial charge in [-0.1, -0.05) is 31.5 Å². The normalized spacial score (nSPS) is 10.0. The molecule has 0 heterocycles. The van der Waals surface area contributed by atoms with Crippen LogP contribution < -0.4 is 21.1 Å². The monoisotopic (exact) mass is 299 g/mol. The van der Waals surface area contributed by atoms with E-state index in [9.17, 15) is 4.79 Å². The zero-order valence-electron chi connectivity index (χ0n) is 12.6. The number of benzene rings is 2. The van der Waals surface area contributed by atoms with E-state index in [-0.39, 0.29) is 6.03 Å². The number of unbranched alkanes of at least 4 members (excludes halogenated alkanes) is 1. The summed E-state index contributed by atoms with van der Waals surface area (Å²) in [6.45, 7) is 2.72. The lowest BCUT2D eigenvalue weighted by Crippen LogP contribution is -2.29. The van der Waals surface area contributed by atoms with Crippen molar-refractivity contribution in [2.45, 2.75) is 19.8 Å². The molecule has 0 fully saturated rings. The topological polar surface area (TPSA) is 76.4 Å². The second kappa shape index (κ2) is 7.93. The predicted octanol–water partition coefficient (Wildman–Crippen LogP) is 3.98. The van der Waals surface area contributed by atoms with Crippen molar-refractivity contribution in [2.75, 3.05) is 17.6 Å². The van der Waals surface area contributed by atoms with Crippen LogP contribution in [0.2, 0.25) is 0 Å². The molecule has 0 aliphatic heterocycles.